The Hall–Kier alpha value is -0.419. The molecule has 0 aliphatic carbocycles. The Bertz CT molecular complexity index is 545. The summed E-state index contributed by atoms with van der Waals surface area (Å²) >= 11 is 0. The van der Waals surface area contributed by atoms with E-state index >= 15 is 0 Å². The average Bonchev–Trinajstić information content (AvgIpc) is 2.21. The first-order chi connectivity index (χ1) is 10.0. The van der Waals surface area contributed by atoms with Gasteiger partial charge in [0.05, 0.1) is 5.56 Å². The third kappa shape index (κ3) is 6.54. The van der Waals surface area contributed by atoms with Gasteiger partial charge in [0.25, 0.3) is 0 Å². The first-order valence-corrected chi connectivity index (χ1v) is 16.7. The maximum atomic E-state index is 13.2. The highest BCUT2D eigenvalue weighted by molar-refractivity contribution is 6.94. The van der Waals surface area contributed by atoms with Crippen molar-refractivity contribution >= 4 is 30.4 Å². The SMILES string of the molecule is Cc1cc(C(F)(F)F)cc([Si](C)(O[Si](C)(C)C)O[Si](C)(C)C)c1. The van der Waals surface area contributed by atoms with Gasteiger partial charge in [-0.1, -0.05) is 11.6 Å². The summed E-state index contributed by atoms with van der Waals surface area (Å²) in [6.07, 6.45) is -4.37. The van der Waals surface area contributed by atoms with Crippen LogP contribution in [-0.4, -0.2) is 25.2 Å². The van der Waals surface area contributed by atoms with Gasteiger partial charge in [-0.2, -0.15) is 13.2 Å². The van der Waals surface area contributed by atoms with E-state index in [0.29, 0.717) is 10.8 Å². The molecule has 1 aromatic rings. The summed E-state index contributed by atoms with van der Waals surface area (Å²) in [5.74, 6) is 0. The van der Waals surface area contributed by atoms with Crippen LogP contribution in [0.4, 0.5) is 13.2 Å². The van der Waals surface area contributed by atoms with Crippen molar-refractivity contribution in [3.8, 4) is 0 Å². The first kappa shape index (κ1) is 20.6. The number of hydrogen-bond acceptors (Lipinski definition) is 2. The Balaban J connectivity index is 3.45. The summed E-state index contributed by atoms with van der Waals surface area (Å²) in [4.78, 5) is 0. The summed E-state index contributed by atoms with van der Waals surface area (Å²) in [6, 6.07) is 4.16. The number of alkyl halides is 3. The topological polar surface area (TPSA) is 18.5 Å². The highest BCUT2D eigenvalue weighted by atomic mass is 28.5. The van der Waals surface area contributed by atoms with Crippen LogP contribution in [0.15, 0.2) is 18.2 Å². The zero-order chi connectivity index (χ0) is 18.3. The van der Waals surface area contributed by atoms with E-state index < -0.39 is 36.9 Å². The molecule has 0 spiro atoms. The summed E-state index contributed by atoms with van der Waals surface area (Å²) in [7, 11) is -6.87. The summed E-state index contributed by atoms with van der Waals surface area (Å²) in [6.45, 7) is 15.8. The molecule has 132 valence electrons. The molecule has 8 heteroatoms. The van der Waals surface area contributed by atoms with E-state index in [0.717, 1.165) is 0 Å². The van der Waals surface area contributed by atoms with Crippen LogP contribution in [0, 0.1) is 6.92 Å². The van der Waals surface area contributed by atoms with Gasteiger partial charge in [0.1, 0.15) is 0 Å². The van der Waals surface area contributed by atoms with Gasteiger partial charge < -0.3 is 8.23 Å². The second-order valence-electron chi connectivity index (χ2n) is 7.96. The molecule has 0 bridgehead atoms. The molecular weight excluding hydrogens is 353 g/mol. The van der Waals surface area contributed by atoms with Gasteiger partial charge in [0, 0.05) is 0 Å². The Morgan fingerprint density at radius 3 is 1.57 bits per heavy atom. The minimum absolute atomic E-state index is 0.565. The van der Waals surface area contributed by atoms with Crippen LogP contribution in [0.25, 0.3) is 0 Å². The third-order valence-corrected chi connectivity index (χ3v) is 12.3. The van der Waals surface area contributed by atoms with Crippen molar-refractivity contribution in [1.82, 2.24) is 0 Å². The predicted octanol–water partition coefficient (Wildman–Crippen LogP) is 5.00. The summed E-state index contributed by atoms with van der Waals surface area (Å²) in [5, 5.41) is 0.565. The van der Waals surface area contributed by atoms with Crippen molar-refractivity contribution in [3.05, 3.63) is 29.3 Å². The van der Waals surface area contributed by atoms with Gasteiger partial charge in [-0.05, 0) is 70.1 Å². The van der Waals surface area contributed by atoms with E-state index in [2.05, 4.69) is 0 Å². The standard InChI is InChI=1S/C15H27F3O2Si3/c1-12-9-13(15(16,17)18)11-14(10-12)23(8,19-21(2,3)4)20-22(5,6)7/h9-11H,1-8H3. The Kier molecular flexibility index (Phi) is 5.80. The maximum Gasteiger partial charge on any atom is 0.416 e. The minimum atomic E-state index is -4.37. The zero-order valence-electron chi connectivity index (χ0n) is 15.2. The number of aryl methyl sites for hydroxylation is 1. The van der Waals surface area contributed by atoms with Gasteiger partial charge in [-0.15, -0.1) is 0 Å². The maximum absolute atomic E-state index is 13.2. The van der Waals surface area contributed by atoms with E-state index in [-0.39, 0.29) is 0 Å². The highest BCUT2D eigenvalue weighted by Crippen LogP contribution is 2.30. The molecule has 0 atom stereocenters. The molecule has 2 nitrogen and oxygen atoms in total. The van der Waals surface area contributed by atoms with Crippen molar-refractivity contribution in [2.75, 3.05) is 0 Å². The van der Waals surface area contributed by atoms with Gasteiger partial charge in [0.15, 0.2) is 16.6 Å². The van der Waals surface area contributed by atoms with Crippen LogP contribution in [0.3, 0.4) is 0 Å². The molecule has 0 aromatic heterocycles. The lowest BCUT2D eigenvalue weighted by atomic mass is 10.1. The second kappa shape index (κ2) is 6.47. The summed E-state index contributed by atoms with van der Waals surface area (Å²) < 4.78 is 52.2. The Labute approximate surface area is 140 Å². The smallest absolute Gasteiger partial charge is 0.416 e. The van der Waals surface area contributed by atoms with E-state index in [4.69, 9.17) is 8.23 Å². The first-order valence-electron chi connectivity index (χ1n) is 7.62. The fraction of sp³-hybridized carbons (Fsp3) is 0.600. The largest absolute Gasteiger partial charge is 0.433 e. The molecule has 0 aliphatic rings. The Morgan fingerprint density at radius 1 is 0.783 bits per heavy atom. The molecule has 0 amide bonds. The van der Waals surface area contributed by atoms with Crippen molar-refractivity contribution in [1.29, 1.82) is 0 Å². The van der Waals surface area contributed by atoms with Crippen LogP contribution >= 0.6 is 0 Å². The normalized spacial score (nSPS) is 14.2. The van der Waals surface area contributed by atoms with E-state index in [1.54, 1.807) is 13.0 Å². The molecule has 0 radical (unpaired) electrons. The molecule has 1 aromatic carbocycles. The molecule has 0 N–H and O–H groups in total. The van der Waals surface area contributed by atoms with Crippen molar-refractivity contribution in [2.45, 2.75) is 58.9 Å². The predicted molar refractivity (Wildman–Crippen MR) is 96.3 cm³/mol. The molecule has 0 saturated carbocycles. The van der Waals surface area contributed by atoms with Crippen molar-refractivity contribution in [2.24, 2.45) is 0 Å². The van der Waals surface area contributed by atoms with Crippen molar-refractivity contribution in [3.63, 3.8) is 0 Å². The molecule has 0 unspecified atom stereocenters. The van der Waals surface area contributed by atoms with Crippen LogP contribution in [0.5, 0.6) is 0 Å². The fourth-order valence-electron chi connectivity index (χ4n) is 2.52. The van der Waals surface area contributed by atoms with E-state index in [1.807, 2.05) is 45.8 Å². The number of halogens is 3. The quantitative estimate of drug-likeness (QED) is 0.670. The molecule has 1 rings (SSSR count). The van der Waals surface area contributed by atoms with Crippen LogP contribution in [0.1, 0.15) is 11.1 Å². The monoisotopic (exact) mass is 380 g/mol. The fourth-order valence-corrected chi connectivity index (χ4v) is 14.3. The highest BCUT2D eigenvalue weighted by Gasteiger charge is 2.43. The molecule has 0 aliphatic heterocycles. The Morgan fingerprint density at radius 2 is 1.22 bits per heavy atom. The molecular formula is C15H27F3O2Si3. The lowest BCUT2D eigenvalue weighted by Gasteiger charge is -2.39. The third-order valence-electron chi connectivity index (χ3n) is 2.93. The van der Waals surface area contributed by atoms with Gasteiger partial charge in [-0.3, -0.25) is 0 Å². The summed E-state index contributed by atoms with van der Waals surface area (Å²) in [5.41, 5.74) is -0.0588. The van der Waals surface area contributed by atoms with E-state index in [1.165, 1.54) is 12.1 Å². The molecule has 0 saturated heterocycles. The van der Waals surface area contributed by atoms with Gasteiger partial charge >= 0.3 is 14.7 Å². The molecule has 0 fully saturated rings. The lowest BCUT2D eigenvalue weighted by Crippen LogP contribution is -2.60. The van der Waals surface area contributed by atoms with Crippen LogP contribution in [-0.2, 0) is 14.4 Å². The number of benzene rings is 1. The lowest BCUT2D eigenvalue weighted by molar-refractivity contribution is -0.137. The molecule has 23 heavy (non-hydrogen) atoms. The van der Waals surface area contributed by atoms with Gasteiger partial charge in [0.2, 0.25) is 0 Å². The second-order valence-corrected chi connectivity index (χ2v) is 20.5. The zero-order valence-corrected chi connectivity index (χ0v) is 18.2. The average molecular weight is 381 g/mol. The van der Waals surface area contributed by atoms with Crippen LogP contribution < -0.4 is 5.19 Å². The van der Waals surface area contributed by atoms with E-state index in [9.17, 15) is 13.2 Å². The molecule has 0 heterocycles. The number of hydrogen-bond donors (Lipinski definition) is 0. The minimum Gasteiger partial charge on any atom is -0.433 e. The number of rotatable bonds is 5. The van der Waals surface area contributed by atoms with Gasteiger partial charge in [-0.25, -0.2) is 0 Å². The van der Waals surface area contributed by atoms with Crippen molar-refractivity contribution < 1.29 is 21.4 Å². The van der Waals surface area contributed by atoms with Crippen LogP contribution in [0.2, 0.25) is 45.8 Å².